The molecule has 21 heavy (non-hydrogen) atoms. The van der Waals surface area contributed by atoms with Crippen molar-refractivity contribution in [1.82, 2.24) is 19.9 Å². The number of β-amino-alcohol motifs (C(OH)–C–C–N with tert-alkyl or cyclic N) is 1. The molecule has 1 saturated heterocycles. The molecule has 0 saturated carbocycles. The first-order chi connectivity index (χ1) is 10.1. The molecule has 0 amide bonds. The Hall–Kier alpha value is -1.57. The summed E-state index contributed by atoms with van der Waals surface area (Å²) in [5.41, 5.74) is 2.00. The number of fused-ring (bicyclic) bond motifs is 1. The van der Waals surface area contributed by atoms with E-state index in [1.165, 1.54) is 6.33 Å². The van der Waals surface area contributed by atoms with E-state index in [2.05, 4.69) is 26.4 Å². The van der Waals surface area contributed by atoms with Gasteiger partial charge in [0.25, 0.3) is 5.56 Å². The van der Waals surface area contributed by atoms with Crippen LogP contribution >= 0.6 is 11.8 Å². The summed E-state index contributed by atoms with van der Waals surface area (Å²) in [6, 6.07) is 0. The monoisotopic (exact) mass is 306 g/mol. The quantitative estimate of drug-likeness (QED) is 0.782. The maximum absolute atomic E-state index is 11.7. The number of thioether (sulfide) groups is 1. The summed E-state index contributed by atoms with van der Waals surface area (Å²) >= 11 is 1.60. The molecule has 2 unspecified atom stereocenters. The SMILES string of the molecule is C=C(SC)C1CN(Cc2c[nH]c3c(=O)[nH]cnc23)CC1O. The van der Waals surface area contributed by atoms with Crippen molar-refractivity contribution in [3.8, 4) is 0 Å². The van der Waals surface area contributed by atoms with Crippen molar-refractivity contribution >= 4 is 22.8 Å². The second-order valence-corrected chi connectivity index (χ2v) is 6.24. The molecule has 112 valence electrons. The van der Waals surface area contributed by atoms with Gasteiger partial charge in [-0.15, -0.1) is 11.8 Å². The average Bonchev–Trinajstić information content (AvgIpc) is 3.04. The van der Waals surface area contributed by atoms with Crippen molar-refractivity contribution in [2.45, 2.75) is 12.6 Å². The fraction of sp³-hybridized carbons (Fsp3) is 0.429. The summed E-state index contributed by atoms with van der Waals surface area (Å²) in [6.07, 6.45) is 4.83. The van der Waals surface area contributed by atoms with Crippen molar-refractivity contribution < 1.29 is 5.11 Å². The molecule has 7 heteroatoms. The van der Waals surface area contributed by atoms with E-state index >= 15 is 0 Å². The van der Waals surface area contributed by atoms with E-state index in [-0.39, 0.29) is 17.6 Å². The van der Waals surface area contributed by atoms with Crippen LogP contribution < -0.4 is 5.56 Å². The van der Waals surface area contributed by atoms with Gasteiger partial charge >= 0.3 is 0 Å². The van der Waals surface area contributed by atoms with Crippen LogP contribution in [-0.4, -0.2) is 50.4 Å². The summed E-state index contributed by atoms with van der Waals surface area (Å²) in [5.74, 6) is 0.0987. The lowest BCUT2D eigenvalue weighted by molar-refractivity contribution is 0.155. The minimum Gasteiger partial charge on any atom is -0.391 e. The van der Waals surface area contributed by atoms with Gasteiger partial charge in [0.15, 0.2) is 0 Å². The van der Waals surface area contributed by atoms with E-state index in [9.17, 15) is 9.90 Å². The van der Waals surface area contributed by atoms with Gasteiger partial charge in [-0.3, -0.25) is 9.69 Å². The van der Waals surface area contributed by atoms with E-state index in [0.717, 1.165) is 17.0 Å². The number of likely N-dealkylation sites (tertiary alicyclic amines) is 1. The minimum absolute atomic E-state index is 0.0987. The van der Waals surface area contributed by atoms with Gasteiger partial charge in [-0.25, -0.2) is 4.98 Å². The number of rotatable bonds is 4. The first-order valence-electron chi connectivity index (χ1n) is 6.77. The Morgan fingerprint density at radius 3 is 3.14 bits per heavy atom. The Balaban J connectivity index is 1.79. The fourth-order valence-corrected chi connectivity index (χ4v) is 3.36. The van der Waals surface area contributed by atoms with Crippen LogP contribution in [0, 0.1) is 5.92 Å². The predicted octanol–water partition coefficient (Wildman–Crippen LogP) is 0.921. The first-order valence-corrected chi connectivity index (χ1v) is 7.99. The van der Waals surface area contributed by atoms with Crippen LogP contribution in [0.25, 0.3) is 11.0 Å². The highest BCUT2D eigenvalue weighted by atomic mass is 32.2. The number of hydrogen-bond acceptors (Lipinski definition) is 5. The van der Waals surface area contributed by atoms with Gasteiger partial charge in [-0.05, 0) is 11.2 Å². The lowest BCUT2D eigenvalue weighted by Crippen LogP contribution is -2.21. The molecule has 2 aromatic heterocycles. The third kappa shape index (κ3) is 2.64. The summed E-state index contributed by atoms with van der Waals surface area (Å²) < 4.78 is 0. The molecule has 0 bridgehead atoms. The Kier molecular flexibility index (Phi) is 3.88. The van der Waals surface area contributed by atoms with Crippen LogP contribution in [0.5, 0.6) is 0 Å². The molecule has 3 N–H and O–H groups in total. The standard InChI is InChI=1S/C14H18N4O2S/c1-8(21-2)10-5-18(6-11(10)19)4-9-3-15-13-12(9)16-7-17-14(13)20/h3,7,10-11,15,19H,1,4-6H2,2H3,(H,16,17,20). The van der Waals surface area contributed by atoms with Crippen molar-refractivity contribution in [3.63, 3.8) is 0 Å². The molecule has 0 spiro atoms. The summed E-state index contributed by atoms with van der Waals surface area (Å²) in [6.45, 7) is 6.06. The minimum atomic E-state index is -0.383. The van der Waals surface area contributed by atoms with Crippen LogP contribution in [0.4, 0.5) is 0 Å². The number of hydrogen-bond donors (Lipinski definition) is 3. The van der Waals surface area contributed by atoms with Crippen molar-refractivity contribution in [2.75, 3.05) is 19.3 Å². The van der Waals surface area contributed by atoms with Gasteiger partial charge in [0, 0.05) is 37.3 Å². The van der Waals surface area contributed by atoms with Gasteiger partial charge in [0.1, 0.15) is 5.52 Å². The van der Waals surface area contributed by atoms with E-state index in [0.29, 0.717) is 24.1 Å². The second kappa shape index (κ2) is 5.67. The maximum atomic E-state index is 11.7. The molecule has 3 rings (SSSR count). The van der Waals surface area contributed by atoms with E-state index < -0.39 is 0 Å². The smallest absolute Gasteiger partial charge is 0.275 e. The molecule has 6 nitrogen and oxygen atoms in total. The zero-order valence-electron chi connectivity index (χ0n) is 11.8. The zero-order valence-corrected chi connectivity index (χ0v) is 12.6. The Morgan fingerprint density at radius 2 is 2.38 bits per heavy atom. The average molecular weight is 306 g/mol. The van der Waals surface area contributed by atoms with Crippen LogP contribution in [-0.2, 0) is 6.54 Å². The van der Waals surface area contributed by atoms with Gasteiger partial charge in [-0.2, -0.15) is 0 Å². The third-order valence-electron chi connectivity index (χ3n) is 3.98. The highest BCUT2D eigenvalue weighted by Gasteiger charge is 2.33. The molecule has 0 aromatic carbocycles. The van der Waals surface area contributed by atoms with Crippen molar-refractivity contribution in [1.29, 1.82) is 0 Å². The summed E-state index contributed by atoms with van der Waals surface area (Å²) in [4.78, 5) is 24.6. The number of nitrogens with zero attached hydrogens (tertiary/aromatic N) is 2. The van der Waals surface area contributed by atoms with E-state index in [4.69, 9.17) is 0 Å². The first kappa shape index (κ1) is 14.4. The molecular formula is C14H18N4O2S. The van der Waals surface area contributed by atoms with Gasteiger partial charge in [0.05, 0.1) is 17.9 Å². The Morgan fingerprint density at radius 1 is 1.57 bits per heavy atom. The molecule has 0 radical (unpaired) electrons. The number of H-pyrrole nitrogens is 2. The molecular weight excluding hydrogens is 288 g/mol. The Labute approximate surface area is 126 Å². The van der Waals surface area contributed by atoms with Crippen LogP contribution in [0.2, 0.25) is 0 Å². The van der Waals surface area contributed by atoms with Crippen molar-refractivity contribution in [3.05, 3.63) is 39.9 Å². The highest BCUT2D eigenvalue weighted by molar-refractivity contribution is 8.02. The van der Waals surface area contributed by atoms with E-state index in [1.54, 1.807) is 11.8 Å². The zero-order chi connectivity index (χ0) is 15.0. The van der Waals surface area contributed by atoms with Crippen LogP contribution in [0.3, 0.4) is 0 Å². The van der Waals surface area contributed by atoms with Crippen molar-refractivity contribution in [2.24, 2.45) is 5.92 Å². The fourth-order valence-electron chi connectivity index (χ4n) is 2.83. The van der Waals surface area contributed by atoms with E-state index in [1.807, 2.05) is 12.5 Å². The molecule has 1 fully saturated rings. The number of aromatic amines is 2. The summed E-state index contributed by atoms with van der Waals surface area (Å²) in [7, 11) is 0. The maximum Gasteiger partial charge on any atom is 0.275 e. The molecule has 1 aliphatic rings. The molecule has 2 aromatic rings. The molecule has 0 aliphatic carbocycles. The number of aliphatic hydroxyl groups excluding tert-OH is 1. The van der Waals surface area contributed by atoms with Gasteiger partial charge < -0.3 is 15.1 Å². The number of aliphatic hydroxyl groups is 1. The molecule has 1 aliphatic heterocycles. The Bertz CT molecular complexity index is 723. The molecule has 3 heterocycles. The summed E-state index contributed by atoms with van der Waals surface area (Å²) in [5, 5.41) is 10.2. The predicted molar refractivity (Wildman–Crippen MR) is 84.1 cm³/mol. The third-order valence-corrected chi connectivity index (χ3v) is 4.81. The number of nitrogens with one attached hydrogen (secondary N) is 2. The lowest BCUT2D eigenvalue weighted by atomic mass is 10.1. The van der Waals surface area contributed by atoms with Gasteiger partial charge in [-0.1, -0.05) is 6.58 Å². The largest absolute Gasteiger partial charge is 0.391 e. The molecule has 2 atom stereocenters. The lowest BCUT2D eigenvalue weighted by Gasteiger charge is -2.15. The number of aromatic nitrogens is 3. The topological polar surface area (TPSA) is 85.0 Å². The second-order valence-electron chi connectivity index (χ2n) is 5.31. The highest BCUT2D eigenvalue weighted by Crippen LogP contribution is 2.30. The van der Waals surface area contributed by atoms with Crippen LogP contribution in [0.15, 0.2) is 28.8 Å². The van der Waals surface area contributed by atoms with Crippen LogP contribution in [0.1, 0.15) is 5.56 Å². The van der Waals surface area contributed by atoms with Gasteiger partial charge in [0.2, 0.25) is 0 Å². The normalized spacial score (nSPS) is 23.0.